The van der Waals surface area contributed by atoms with Gasteiger partial charge < -0.3 is 14.6 Å². The van der Waals surface area contributed by atoms with Crippen molar-refractivity contribution in [3.05, 3.63) is 52.5 Å². The van der Waals surface area contributed by atoms with Crippen molar-refractivity contribution < 1.29 is 19.4 Å². The first-order valence-corrected chi connectivity index (χ1v) is 9.31. The molecule has 1 unspecified atom stereocenters. The van der Waals surface area contributed by atoms with Gasteiger partial charge in [0.15, 0.2) is 16.7 Å². The largest absolute Gasteiger partial charge is 0.480 e. The molecule has 0 saturated carbocycles. The Balaban J connectivity index is 1.86. The number of carboxylic acids is 1. The number of hydrogen-bond donors (Lipinski definition) is 2. The summed E-state index contributed by atoms with van der Waals surface area (Å²) in [5.41, 5.74) is 2.38. The minimum Gasteiger partial charge on any atom is -0.480 e. The molecule has 2 aromatic carbocycles. The zero-order valence-electron chi connectivity index (χ0n) is 13.2. The molecule has 26 heavy (non-hydrogen) atoms. The first-order valence-electron chi connectivity index (χ1n) is 7.60. The highest BCUT2D eigenvalue weighted by molar-refractivity contribution is 7.81. The summed E-state index contributed by atoms with van der Waals surface area (Å²) in [5.74, 6) is 0.275. The summed E-state index contributed by atoms with van der Waals surface area (Å²) < 4.78 is 10.8. The number of thiol groups is 1. The van der Waals surface area contributed by atoms with Crippen LogP contribution in [0.4, 0.5) is 0 Å². The number of nitrogens with zero attached hydrogens (tertiary/aromatic N) is 1. The summed E-state index contributed by atoms with van der Waals surface area (Å²) in [7, 11) is 0. The van der Waals surface area contributed by atoms with Gasteiger partial charge in [0.1, 0.15) is 5.01 Å². The number of carbonyl (C=O) groups is 1. The van der Waals surface area contributed by atoms with E-state index in [-0.39, 0.29) is 6.79 Å². The molecular formula is C18H12ClNO4S2. The molecule has 0 amide bonds. The molecule has 0 aliphatic carbocycles. The summed E-state index contributed by atoms with van der Waals surface area (Å²) in [6.07, 6.45) is 0. The number of rotatable bonds is 4. The van der Waals surface area contributed by atoms with Gasteiger partial charge in [0.05, 0.1) is 10.6 Å². The van der Waals surface area contributed by atoms with Crippen molar-refractivity contribution in [1.29, 1.82) is 0 Å². The molecular weight excluding hydrogens is 394 g/mol. The van der Waals surface area contributed by atoms with Crippen LogP contribution >= 0.6 is 35.6 Å². The maximum atomic E-state index is 11.3. The lowest BCUT2D eigenvalue weighted by Gasteiger charge is -2.04. The molecule has 1 aliphatic heterocycles. The highest BCUT2D eigenvalue weighted by atomic mass is 35.5. The van der Waals surface area contributed by atoms with Crippen molar-refractivity contribution in [2.24, 2.45) is 0 Å². The Hall–Kier alpha value is -2.22. The predicted octanol–water partition coefficient (Wildman–Crippen LogP) is 4.91. The minimum atomic E-state index is -1.04. The van der Waals surface area contributed by atoms with E-state index in [1.807, 2.05) is 30.3 Å². The fraction of sp³-hybridized carbons (Fsp3) is 0.111. The van der Waals surface area contributed by atoms with Crippen molar-refractivity contribution >= 4 is 41.5 Å². The van der Waals surface area contributed by atoms with Gasteiger partial charge >= 0.3 is 5.97 Å². The summed E-state index contributed by atoms with van der Waals surface area (Å²) in [4.78, 5) is 16.7. The molecule has 1 aliphatic rings. The van der Waals surface area contributed by atoms with Gasteiger partial charge in [-0.05, 0) is 35.9 Å². The maximum absolute atomic E-state index is 11.3. The van der Waals surface area contributed by atoms with Crippen LogP contribution in [0.15, 0.2) is 42.5 Å². The van der Waals surface area contributed by atoms with E-state index in [0.717, 1.165) is 16.0 Å². The van der Waals surface area contributed by atoms with E-state index in [4.69, 9.17) is 21.1 Å². The standard InChI is InChI=1S/C18H12ClNO4S2/c19-11-4-1-9(2-5-11)16-14(20-17(26-16)15(25)18(21)22)10-3-6-12-13(7-10)24-8-23-12/h1-7,15,25H,8H2,(H,21,22). The first kappa shape index (κ1) is 17.2. The normalized spacial score (nSPS) is 13.6. The lowest BCUT2D eigenvalue weighted by atomic mass is 10.1. The molecule has 4 rings (SSSR count). The number of halogens is 1. The van der Waals surface area contributed by atoms with Crippen LogP contribution in [0.5, 0.6) is 11.5 Å². The lowest BCUT2D eigenvalue weighted by molar-refractivity contribution is -0.136. The minimum absolute atomic E-state index is 0.183. The molecule has 1 N–H and O–H groups in total. The lowest BCUT2D eigenvalue weighted by Crippen LogP contribution is -2.04. The van der Waals surface area contributed by atoms with Crippen molar-refractivity contribution in [3.8, 4) is 33.2 Å². The average Bonchev–Trinajstić information content (AvgIpc) is 3.28. The Labute approximate surface area is 163 Å². The van der Waals surface area contributed by atoms with E-state index >= 15 is 0 Å². The summed E-state index contributed by atoms with van der Waals surface area (Å²) >= 11 is 11.4. The van der Waals surface area contributed by atoms with Crippen LogP contribution in [0.1, 0.15) is 10.3 Å². The molecule has 1 atom stereocenters. The molecule has 1 aromatic heterocycles. The van der Waals surface area contributed by atoms with Crippen LogP contribution in [0.2, 0.25) is 5.02 Å². The van der Waals surface area contributed by atoms with E-state index in [1.165, 1.54) is 11.3 Å². The van der Waals surface area contributed by atoms with E-state index in [2.05, 4.69) is 17.6 Å². The van der Waals surface area contributed by atoms with E-state index in [0.29, 0.717) is 27.2 Å². The molecule has 132 valence electrons. The number of carboxylic acid groups (broad SMARTS) is 1. The Kier molecular flexibility index (Phi) is 4.52. The van der Waals surface area contributed by atoms with Crippen LogP contribution < -0.4 is 9.47 Å². The highest BCUT2D eigenvalue weighted by Crippen LogP contribution is 2.43. The van der Waals surface area contributed by atoms with Gasteiger partial charge in [0.2, 0.25) is 6.79 Å². The second-order valence-corrected chi connectivity index (χ2v) is 7.53. The third-order valence-electron chi connectivity index (χ3n) is 3.86. The van der Waals surface area contributed by atoms with Crippen molar-refractivity contribution in [1.82, 2.24) is 4.98 Å². The highest BCUT2D eigenvalue weighted by Gasteiger charge is 2.24. The molecule has 8 heteroatoms. The Bertz CT molecular complexity index is 987. The zero-order chi connectivity index (χ0) is 18.3. The third kappa shape index (κ3) is 3.13. The fourth-order valence-corrected chi connectivity index (χ4v) is 4.01. The third-order valence-corrected chi connectivity index (χ3v) is 5.93. The van der Waals surface area contributed by atoms with Gasteiger partial charge in [-0.15, -0.1) is 11.3 Å². The topological polar surface area (TPSA) is 68.7 Å². The molecule has 0 bridgehead atoms. The Morgan fingerprint density at radius 2 is 1.85 bits per heavy atom. The smallest absolute Gasteiger partial charge is 0.323 e. The Morgan fingerprint density at radius 1 is 1.15 bits per heavy atom. The zero-order valence-corrected chi connectivity index (χ0v) is 15.6. The van der Waals surface area contributed by atoms with Crippen molar-refractivity contribution in [2.45, 2.75) is 5.25 Å². The van der Waals surface area contributed by atoms with Crippen LogP contribution in [0.3, 0.4) is 0 Å². The number of aromatic nitrogens is 1. The number of benzene rings is 2. The van der Waals surface area contributed by atoms with Crippen LogP contribution in [-0.4, -0.2) is 22.9 Å². The van der Waals surface area contributed by atoms with Crippen molar-refractivity contribution in [2.75, 3.05) is 6.79 Å². The molecule has 2 heterocycles. The SMILES string of the molecule is O=C(O)C(S)c1nc(-c2ccc3c(c2)OCO3)c(-c2ccc(Cl)cc2)s1. The number of thiazole rings is 1. The first-order chi connectivity index (χ1) is 12.5. The molecule has 0 spiro atoms. The summed E-state index contributed by atoms with van der Waals surface area (Å²) in [6.45, 7) is 0.183. The number of aliphatic carboxylic acids is 1. The van der Waals surface area contributed by atoms with Crippen LogP contribution in [0.25, 0.3) is 21.7 Å². The van der Waals surface area contributed by atoms with E-state index in [1.54, 1.807) is 12.1 Å². The van der Waals surface area contributed by atoms with Gasteiger partial charge in [-0.1, -0.05) is 23.7 Å². The Morgan fingerprint density at radius 3 is 2.58 bits per heavy atom. The molecule has 0 fully saturated rings. The van der Waals surface area contributed by atoms with Gasteiger partial charge in [-0.25, -0.2) is 4.98 Å². The van der Waals surface area contributed by atoms with Gasteiger partial charge in [0, 0.05) is 10.6 Å². The maximum Gasteiger partial charge on any atom is 0.323 e. The second-order valence-electron chi connectivity index (χ2n) is 5.55. The van der Waals surface area contributed by atoms with Crippen LogP contribution in [-0.2, 0) is 4.79 Å². The summed E-state index contributed by atoms with van der Waals surface area (Å²) in [6, 6.07) is 12.9. The van der Waals surface area contributed by atoms with Gasteiger partial charge in [-0.2, -0.15) is 12.6 Å². The predicted molar refractivity (Wildman–Crippen MR) is 103 cm³/mol. The quantitative estimate of drug-likeness (QED) is 0.603. The van der Waals surface area contributed by atoms with Gasteiger partial charge in [0.25, 0.3) is 0 Å². The average molecular weight is 406 g/mol. The van der Waals surface area contributed by atoms with Gasteiger partial charge in [-0.3, -0.25) is 4.79 Å². The van der Waals surface area contributed by atoms with E-state index < -0.39 is 11.2 Å². The molecule has 3 aromatic rings. The molecule has 0 saturated heterocycles. The second kappa shape index (κ2) is 6.83. The molecule has 5 nitrogen and oxygen atoms in total. The van der Waals surface area contributed by atoms with Crippen LogP contribution in [0, 0.1) is 0 Å². The molecule has 0 radical (unpaired) electrons. The number of hydrogen-bond acceptors (Lipinski definition) is 6. The number of fused-ring (bicyclic) bond motifs is 1. The summed E-state index contributed by atoms with van der Waals surface area (Å²) in [5, 5.41) is 9.33. The van der Waals surface area contributed by atoms with E-state index in [9.17, 15) is 9.90 Å². The number of ether oxygens (including phenoxy) is 2. The fourth-order valence-electron chi connectivity index (χ4n) is 2.60. The monoisotopic (exact) mass is 405 g/mol. The van der Waals surface area contributed by atoms with Crippen molar-refractivity contribution in [3.63, 3.8) is 0 Å².